The lowest BCUT2D eigenvalue weighted by Crippen LogP contribution is -2.28. The summed E-state index contributed by atoms with van der Waals surface area (Å²) in [5, 5.41) is 3.55. The summed E-state index contributed by atoms with van der Waals surface area (Å²) in [5.41, 5.74) is 8.59. The van der Waals surface area contributed by atoms with Crippen LogP contribution in [0, 0.1) is 6.92 Å². The van der Waals surface area contributed by atoms with Crippen molar-refractivity contribution >= 4 is 0 Å². The van der Waals surface area contributed by atoms with E-state index in [0.29, 0.717) is 5.92 Å². The average molecular weight is 204 g/mol. The van der Waals surface area contributed by atoms with Gasteiger partial charge < -0.3 is 11.1 Å². The Kier molecular flexibility index (Phi) is 3.39. The lowest BCUT2D eigenvalue weighted by atomic mass is 9.95. The van der Waals surface area contributed by atoms with E-state index in [1.807, 2.05) is 0 Å². The van der Waals surface area contributed by atoms with Crippen molar-refractivity contribution in [3.63, 3.8) is 0 Å². The highest BCUT2D eigenvalue weighted by Crippen LogP contribution is 2.22. The molecule has 1 aromatic carbocycles. The lowest BCUT2D eigenvalue weighted by molar-refractivity contribution is 0.584. The predicted octanol–water partition coefficient (Wildman–Crippen LogP) is 1.79. The maximum Gasteiger partial charge on any atom is 0.00890 e. The highest BCUT2D eigenvalue weighted by atomic mass is 14.9. The largest absolute Gasteiger partial charge is 0.330 e. The van der Waals surface area contributed by atoms with Crippen LogP contribution in [0.4, 0.5) is 0 Å². The topological polar surface area (TPSA) is 38.0 Å². The summed E-state index contributed by atoms with van der Waals surface area (Å²) in [4.78, 5) is 0. The lowest BCUT2D eigenvalue weighted by Gasteiger charge is -2.18. The molecule has 1 saturated carbocycles. The van der Waals surface area contributed by atoms with Gasteiger partial charge in [-0.1, -0.05) is 24.3 Å². The van der Waals surface area contributed by atoms with Crippen LogP contribution in [0.5, 0.6) is 0 Å². The Morgan fingerprint density at radius 2 is 2.13 bits per heavy atom. The molecule has 0 radical (unpaired) electrons. The zero-order valence-corrected chi connectivity index (χ0v) is 9.37. The first-order valence-corrected chi connectivity index (χ1v) is 5.80. The van der Waals surface area contributed by atoms with Gasteiger partial charge in [-0.2, -0.15) is 0 Å². The molecule has 2 rings (SSSR count). The first-order chi connectivity index (χ1) is 7.31. The minimum Gasteiger partial charge on any atom is -0.330 e. The molecular weight excluding hydrogens is 184 g/mol. The van der Waals surface area contributed by atoms with Crippen LogP contribution in [-0.4, -0.2) is 19.1 Å². The first-order valence-electron chi connectivity index (χ1n) is 5.80. The fraction of sp³-hybridized carbons (Fsp3) is 0.538. The third-order valence-corrected chi connectivity index (χ3v) is 3.14. The zero-order chi connectivity index (χ0) is 10.7. The minimum absolute atomic E-state index is 0.465. The molecular formula is C13H20N2. The third-order valence-electron chi connectivity index (χ3n) is 3.14. The van der Waals surface area contributed by atoms with E-state index >= 15 is 0 Å². The molecule has 1 unspecified atom stereocenters. The van der Waals surface area contributed by atoms with Crippen molar-refractivity contribution in [2.24, 2.45) is 5.73 Å². The van der Waals surface area contributed by atoms with E-state index in [1.165, 1.54) is 24.0 Å². The number of nitrogens with two attached hydrogens (primary N) is 1. The van der Waals surface area contributed by atoms with Gasteiger partial charge in [-0.25, -0.2) is 0 Å². The van der Waals surface area contributed by atoms with E-state index in [-0.39, 0.29) is 0 Å². The van der Waals surface area contributed by atoms with E-state index in [1.54, 1.807) is 0 Å². The Hall–Kier alpha value is -0.860. The molecule has 1 atom stereocenters. The number of nitrogens with one attached hydrogen (secondary N) is 1. The molecule has 82 valence electrons. The Morgan fingerprint density at radius 3 is 2.73 bits per heavy atom. The van der Waals surface area contributed by atoms with E-state index < -0.39 is 0 Å². The van der Waals surface area contributed by atoms with Crippen molar-refractivity contribution in [3.8, 4) is 0 Å². The van der Waals surface area contributed by atoms with Gasteiger partial charge in [0.1, 0.15) is 0 Å². The SMILES string of the molecule is Cc1ccccc1C(CN)CNC1CC1. The van der Waals surface area contributed by atoms with Crippen molar-refractivity contribution in [1.29, 1.82) is 0 Å². The van der Waals surface area contributed by atoms with Gasteiger partial charge >= 0.3 is 0 Å². The van der Waals surface area contributed by atoms with Crippen LogP contribution in [0.2, 0.25) is 0 Å². The van der Waals surface area contributed by atoms with Gasteiger partial charge in [0.25, 0.3) is 0 Å². The van der Waals surface area contributed by atoms with E-state index in [4.69, 9.17) is 5.73 Å². The minimum atomic E-state index is 0.465. The molecule has 1 aliphatic rings. The van der Waals surface area contributed by atoms with Gasteiger partial charge in [0.2, 0.25) is 0 Å². The number of aryl methyl sites for hydroxylation is 1. The van der Waals surface area contributed by atoms with E-state index in [2.05, 4.69) is 36.5 Å². The molecule has 0 bridgehead atoms. The normalized spacial score (nSPS) is 17.7. The van der Waals surface area contributed by atoms with Gasteiger partial charge in [-0.3, -0.25) is 0 Å². The Bertz CT molecular complexity index is 318. The standard InChI is InChI=1S/C13H20N2/c1-10-4-2-3-5-13(10)11(8-14)9-15-12-6-7-12/h2-5,11-12,15H,6-9,14H2,1H3. The second kappa shape index (κ2) is 4.77. The first kappa shape index (κ1) is 10.7. The van der Waals surface area contributed by atoms with Gasteiger partial charge in [0, 0.05) is 25.0 Å². The van der Waals surface area contributed by atoms with E-state index in [9.17, 15) is 0 Å². The molecule has 0 aliphatic heterocycles. The van der Waals surface area contributed by atoms with Gasteiger partial charge in [-0.15, -0.1) is 0 Å². The molecule has 2 heteroatoms. The molecule has 3 N–H and O–H groups in total. The predicted molar refractivity (Wildman–Crippen MR) is 64.0 cm³/mol. The monoisotopic (exact) mass is 204 g/mol. The Labute approximate surface area is 91.9 Å². The molecule has 15 heavy (non-hydrogen) atoms. The number of hydrogen-bond donors (Lipinski definition) is 2. The molecule has 2 nitrogen and oxygen atoms in total. The summed E-state index contributed by atoms with van der Waals surface area (Å²) in [5.74, 6) is 0.465. The molecule has 0 spiro atoms. The highest BCUT2D eigenvalue weighted by Gasteiger charge is 2.22. The van der Waals surface area contributed by atoms with Gasteiger partial charge in [-0.05, 0) is 30.9 Å². The fourth-order valence-corrected chi connectivity index (χ4v) is 1.96. The molecule has 0 saturated heterocycles. The number of hydrogen-bond acceptors (Lipinski definition) is 2. The summed E-state index contributed by atoms with van der Waals surface area (Å²) < 4.78 is 0. The molecule has 0 aromatic heterocycles. The zero-order valence-electron chi connectivity index (χ0n) is 9.37. The second-order valence-electron chi connectivity index (χ2n) is 4.47. The van der Waals surface area contributed by atoms with Crippen LogP contribution in [0.3, 0.4) is 0 Å². The van der Waals surface area contributed by atoms with Crippen molar-refractivity contribution in [3.05, 3.63) is 35.4 Å². The van der Waals surface area contributed by atoms with Crippen molar-refractivity contribution < 1.29 is 0 Å². The van der Waals surface area contributed by atoms with Crippen LogP contribution >= 0.6 is 0 Å². The summed E-state index contributed by atoms with van der Waals surface area (Å²) >= 11 is 0. The smallest absolute Gasteiger partial charge is 0.00890 e. The average Bonchev–Trinajstić information content (AvgIpc) is 3.05. The molecule has 1 fully saturated rings. The van der Waals surface area contributed by atoms with Crippen molar-refractivity contribution in [2.75, 3.05) is 13.1 Å². The number of rotatable bonds is 5. The van der Waals surface area contributed by atoms with Crippen LogP contribution < -0.4 is 11.1 Å². The van der Waals surface area contributed by atoms with Crippen molar-refractivity contribution in [1.82, 2.24) is 5.32 Å². The van der Waals surface area contributed by atoms with Gasteiger partial charge in [0.15, 0.2) is 0 Å². The summed E-state index contributed by atoms with van der Waals surface area (Å²) in [6.07, 6.45) is 2.68. The second-order valence-corrected chi connectivity index (χ2v) is 4.47. The van der Waals surface area contributed by atoms with Crippen LogP contribution in [-0.2, 0) is 0 Å². The molecule has 1 aromatic rings. The summed E-state index contributed by atoms with van der Waals surface area (Å²) in [6, 6.07) is 9.31. The molecule has 0 amide bonds. The highest BCUT2D eigenvalue weighted by molar-refractivity contribution is 5.29. The molecule has 0 heterocycles. The van der Waals surface area contributed by atoms with Gasteiger partial charge in [0.05, 0.1) is 0 Å². The van der Waals surface area contributed by atoms with E-state index in [0.717, 1.165) is 19.1 Å². The fourth-order valence-electron chi connectivity index (χ4n) is 1.96. The third kappa shape index (κ3) is 2.80. The van der Waals surface area contributed by atoms with Crippen LogP contribution in [0.1, 0.15) is 29.9 Å². The maximum atomic E-state index is 5.84. The Balaban J connectivity index is 2.00. The number of benzene rings is 1. The summed E-state index contributed by atoms with van der Waals surface area (Å²) in [6.45, 7) is 3.91. The molecule has 1 aliphatic carbocycles. The summed E-state index contributed by atoms with van der Waals surface area (Å²) in [7, 11) is 0. The Morgan fingerprint density at radius 1 is 1.40 bits per heavy atom. The van der Waals surface area contributed by atoms with Crippen molar-refractivity contribution in [2.45, 2.75) is 31.7 Å². The maximum absolute atomic E-state index is 5.84. The van der Waals surface area contributed by atoms with Crippen LogP contribution in [0.25, 0.3) is 0 Å². The van der Waals surface area contributed by atoms with Crippen LogP contribution in [0.15, 0.2) is 24.3 Å². The quantitative estimate of drug-likeness (QED) is 0.767.